The maximum Gasteiger partial charge on any atom is 0.231 e. The van der Waals surface area contributed by atoms with Crippen LogP contribution in [0.3, 0.4) is 0 Å². The molecule has 1 fully saturated rings. The maximum absolute atomic E-state index is 5.54. The first kappa shape index (κ1) is 19.5. The Bertz CT molecular complexity index is 815. The molecule has 0 unspecified atom stereocenters. The predicted molar refractivity (Wildman–Crippen MR) is 114 cm³/mol. The van der Waals surface area contributed by atoms with Crippen molar-refractivity contribution in [3.63, 3.8) is 0 Å². The third-order valence-corrected chi connectivity index (χ3v) is 6.72. The van der Waals surface area contributed by atoms with E-state index >= 15 is 0 Å². The first-order valence-electron chi connectivity index (χ1n) is 10.1. The van der Waals surface area contributed by atoms with Crippen LogP contribution in [-0.4, -0.2) is 61.9 Å². The van der Waals surface area contributed by atoms with Crippen LogP contribution in [0.5, 0.6) is 11.5 Å². The molecule has 4 rings (SSSR count). The van der Waals surface area contributed by atoms with Gasteiger partial charge in [0.15, 0.2) is 16.6 Å². The van der Waals surface area contributed by atoms with Crippen LogP contribution in [0.2, 0.25) is 0 Å². The van der Waals surface area contributed by atoms with Crippen LogP contribution in [-0.2, 0) is 13.0 Å². The number of aromatic nitrogens is 1. The number of aryl methyl sites for hydroxylation is 1. The summed E-state index contributed by atoms with van der Waals surface area (Å²) < 4.78 is 11.0. The molecule has 6 nitrogen and oxygen atoms in total. The van der Waals surface area contributed by atoms with Crippen LogP contribution in [0.25, 0.3) is 0 Å². The van der Waals surface area contributed by atoms with Crippen molar-refractivity contribution in [2.45, 2.75) is 32.9 Å². The summed E-state index contributed by atoms with van der Waals surface area (Å²) in [5, 5.41) is 1.18. The molecule has 1 atom stereocenters. The van der Waals surface area contributed by atoms with Gasteiger partial charge in [-0.05, 0) is 45.1 Å². The summed E-state index contributed by atoms with van der Waals surface area (Å²) >= 11 is 1.86. The summed E-state index contributed by atoms with van der Waals surface area (Å²) in [6, 6.07) is 6.68. The molecule has 0 radical (unpaired) electrons. The number of thiazole rings is 1. The number of ether oxygens (including phenoxy) is 2. The Kier molecular flexibility index (Phi) is 5.75. The Morgan fingerprint density at radius 1 is 1.14 bits per heavy atom. The molecule has 28 heavy (non-hydrogen) atoms. The zero-order chi connectivity index (χ0) is 19.7. The van der Waals surface area contributed by atoms with Gasteiger partial charge in [-0.1, -0.05) is 13.0 Å². The fourth-order valence-corrected chi connectivity index (χ4v) is 5.19. The molecule has 0 N–H and O–H groups in total. The minimum Gasteiger partial charge on any atom is -0.454 e. The smallest absolute Gasteiger partial charge is 0.231 e. The molecular weight excluding hydrogens is 372 g/mol. The number of nitrogens with zero attached hydrogens (tertiary/aromatic N) is 4. The quantitative estimate of drug-likeness (QED) is 0.738. The minimum absolute atomic E-state index is 0.329. The van der Waals surface area contributed by atoms with Crippen molar-refractivity contribution in [2.75, 3.05) is 52.0 Å². The van der Waals surface area contributed by atoms with Crippen LogP contribution in [0.15, 0.2) is 18.2 Å². The van der Waals surface area contributed by atoms with Crippen molar-refractivity contribution in [3.05, 3.63) is 34.3 Å². The zero-order valence-corrected chi connectivity index (χ0v) is 18.1. The summed E-state index contributed by atoms with van der Waals surface area (Å²) in [6.45, 7) is 9.90. The van der Waals surface area contributed by atoms with E-state index in [1.165, 1.54) is 21.3 Å². The van der Waals surface area contributed by atoms with Gasteiger partial charge >= 0.3 is 0 Å². The van der Waals surface area contributed by atoms with E-state index in [4.69, 9.17) is 14.5 Å². The lowest BCUT2D eigenvalue weighted by Gasteiger charge is -2.38. The highest BCUT2D eigenvalue weighted by molar-refractivity contribution is 7.15. The van der Waals surface area contributed by atoms with E-state index in [1.54, 1.807) is 0 Å². The van der Waals surface area contributed by atoms with Crippen LogP contribution >= 0.6 is 11.3 Å². The second-order valence-corrected chi connectivity index (χ2v) is 8.83. The molecular formula is C21H30N4O2S. The zero-order valence-electron chi connectivity index (χ0n) is 17.3. The molecule has 2 aromatic rings. The highest BCUT2D eigenvalue weighted by atomic mass is 32.1. The molecule has 2 aliphatic heterocycles. The van der Waals surface area contributed by atoms with Crippen LogP contribution in [0.4, 0.5) is 5.13 Å². The number of benzene rings is 1. The molecule has 0 bridgehead atoms. The number of fused-ring (bicyclic) bond motifs is 1. The predicted octanol–water partition coefficient (Wildman–Crippen LogP) is 3.38. The maximum atomic E-state index is 5.54. The number of piperazine rings is 1. The van der Waals surface area contributed by atoms with Gasteiger partial charge in [-0.3, -0.25) is 4.90 Å². The number of anilines is 1. The van der Waals surface area contributed by atoms with Crippen molar-refractivity contribution in [3.8, 4) is 11.5 Å². The fourth-order valence-electron chi connectivity index (χ4n) is 3.88. The first-order valence-corrected chi connectivity index (χ1v) is 10.9. The van der Waals surface area contributed by atoms with Crippen molar-refractivity contribution in [1.29, 1.82) is 0 Å². The van der Waals surface area contributed by atoms with Crippen LogP contribution in [0.1, 0.15) is 36.0 Å². The van der Waals surface area contributed by atoms with Gasteiger partial charge in [-0.25, -0.2) is 4.98 Å². The Morgan fingerprint density at radius 3 is 2.61 bits per heavy atom. The number of rotatable bonds is 6. The topological polar surface area (TPSA) is 41.1 Å². The van der Waals surface area contributed by atoms with Gasteiger partial charge in [-0.15, -0.1) is 11.3 Å². The fraction of sp³-hybridized carbons (Fsp3) is 0.571. The largest absolute Gasteiger partial charge is 0.454 e. The van der Waals surface area contributed by atoms with Crippen LogP contribution < -0.4 is 14.4 Å². The van der Waals surface area contributed by atoms with Crippen molar-refractivity contribution >= 4 is 16.5 Å². The Labute approximate surface area is 171 Å². The molecule has 152 valence electrons. The van der Waals surface area contributed by atoms with E-state index in [9.17, 15) is 0 Å². The highest BCUT2D eigenvalue weighted by Gasteiger charge is 2.26. The van der Waals surface area contributed by atoms with E-state index < -0.39 is 0 Å². The summed E-state index contributed by atoms with van der Waals surface area (Å²) in [4.78, 5) is 13.6. The Hall–Kier alpha value is -1.83. The molecule has 1 aromatic heterocycles. The molecule has 0 spiro atoms. The van der Waals surface area contributed by atoms with E-state index in [2.05, 4.69) is 54.8 Å². The standard InChI is InChI=1S/C21H30N4O2S/c1-5-17-20(13-23(3)4)28-21(22-17)25-10-8-24(9-11-25)15(2)16-6-7-18-19(12-16)27-14-26-18/h6-7,12,15H,5,8-11,13-14H2,1-4H3/t15-/m0/s1. The van der Waals surface area contributed by atoms with E-state index in [1.807, 2.05) is 17.4 Å². The summed E-state index contributed by atoms with van der Waals surface area (Å²) in [5.74, 6) is 1.72. The molecule has 0 aliphatic carbocycles. The Balaban J connectivity index is 1.40. The van der Waals surface area contributed by atoms with E-state index in [-0.39, 0.29) is 0 Å². The lowest BCUT2D eigenvalue weighted by molar-refractivity contribution is 0.173. The molecule has 3 heterocycles. The highest BCUT2D eigenvalue weighted by Crippen LogP contribution is 2.36. The third-order valence-electron chi connectivity index (χ3n) is 5.57. The van der Waals surface area contributed by atoms with Crippen LogP contribution in [0, 0.1) is 0 Å². The molecule has 0 amide bonds. The lowest BCUT2D eigenvalue weighted by atomic mass is 10.1. The molecule has 0 saturated carbocycles. The SMILES string of the molecule is CCc1nc(N2CCN([C@@H](C)c3ccc4c(c3)OCO4)CC2)sc1CN(C)C. The van der Waals surface area contributed by atoms with E-state index in [0.717, 1.165) is 50.6 Å². The second-order valence-electron chi connectivity index (χ2n) is 7.77. The van der Waals surface area contributed by atoms with Gasteiger partial charge < -0.3 is 19.3 Å². The van der Waals surface area contributed by atoms with Gasteiger partial charge in [0.2, 0.25) is 6.79 Å². The third kappa shape index (κ3) is 3.97. The average molecular weight is 403 g/mol. The monoisotopic (exact) mass is 402 g/mol. The van der Waals surface area contributed by atoms with Gasteiger partial charge in [0.1, 0.15) is 0 Å². The average Bonchev–Trinajstić information content (AvgIpc) is 3.33. The number of hydrogen-bond donors (Lipinski definition) is 0. The van der Waals surface area contributed by atoms with Gasteiger partial charge in [0.25, 0.3) is 0 Å². The normalized spacial score (nSPS) is 18.1. The second kappa shape index (κ2) is 8.27. The number of hydrogen-bond acceptors (Lipinski definition) is 7. The molecule has 1 saturated heterocycles. The van der Waals surface area contributed by atoms with Gasteiger partial charge in [-0.2, -0.15) is 0 Å². The summed E-state index contributed by atoms with van der Waals surface area (Å²) in [6.07, 6.45) is 1.00. The first-order chi connectivity index (χ1) is 13.5. The molecule has 1 aromatic carbocycles. The lowest BCUT2D eigenvalue weighted by Crippen LogP contribution is -2.47. The summed E-state index contributed by atoms with van der Waals surface area (Å²) in [7, 11) is 4.24. The van der Waals surface area contributed by atoms with E-state index in [0.29, 0.717) is 12.8 Å². The van der Waals surface area contributed by atoms with Crippen molar-refractivity contribution in [1.82, 2.24) is 14.8 Å². The van der Waals surface area contributed by atoms with Crippen molar-refractivity contribution in [2.24, 2.45) is 0 Å². The molecule has 2 aliphatic rings. The minimum atomic E-state index is 0.329. The van der Waals surface area contributed by atoms with Gasteiger partial charge in [0.05, 0.1) is 5.69 Å². The summed E-state index contributed by atoms with van der Waals surface area (Å²) in [5.41, 5.74) is 2.54. The van der Waals surface area contributed by atoms with Crippen molar-refractivity contribution < 1.29 is 9.47 Å². The van der Waals surface area contributed by atoms with Gasteiger partial charge in [0, 0.05) is 43.6 Å². The Morgan fingerprint density at radius 2 is 1.89 bits per heavy atom. The molecule has 7 heteroatoms.